The van der Waals surface area contributed by atoms with E-state index in [0.717, 1.165) is 18.3 Å². The van der Waals surface area contributed by atoms with Crippen LogP contribution >= 0.6 is 0 Å². The number of nitrogens with zero attached hydrogens (tertiary/aromatic N) is 1. The van der Waals surface area contributed by atoms with Crippen LogP contribution in [0.3, 0.4) is 0 Å². The first-order chi connectivity index (χ1) is 11.0. The first-order valence-electron chi connectivity index (χ1n) is 10.0. The molecular formula is C22H44NNb-3. The minimum absolute atomic E-state index is 0. The van der Waals surface area contributed by atoms with Gasteiger partial charge >= 0.3 is 57.0 Å². The summed E-state index contributed by atoms with van der Waals surface area (Å²) in [5, 5.41) is 0. The Kier molecular flexibility index (Phi) is 18.9. The number of hydrogen-bond acceptors (Lipinski definition) is 1. The minimum Gasteiger partial charge on any atom is -0.358 e. The van der Waals surface area contributed by atoms with Gasteiger partial charge < -0.3 is 20.3 Å². The van der Waals surface area contributed by atoms with Crippen LogP contribution in [0.4, 0.5) is 0 Å². The van der Waals surface area contributed by atoms with E-state index in [9.17, 15) is 0 Å². The van der Waals surface area contributed by atoms with E-state index in [0.29, 0.717) is 0 Å². The van der Waals surface area contributed by atoms with Gasteiger partial charge in [0.1, 0.15) is 0 Å². The van der Waals surface area contributed by atoms with Crippen molar-refractivity contribution in [2.75, 3.05) is 0 Å². The van der Waals surface area contributed by atoms with Crippen molar-refractivity contribution in [3.8, 4) is 0 Å². The van der Waals surface area contributed by atoms with Gasteiger partial charge in [0.05, 0.1) is 0 Å². The number of rotatable bonds is 4. The molecule has 0 amide bonds. The van der Waals surface area contributed by atoms with Crippen molar-refractivity contribution in [3.63, 3.8) is 0 Å². The molecule has 2 fully saturated rings. The molecule has 2 aliphatic rings. The maximum atomic E-state index is 4.19. The molecule has 0 N–H and O–H groups in total. The van der Waals surface area contributed by atoms with E-state index in [1.54, 1.807) is 20.9 Å². The maximum absolute atomic E-state index is 4.19. The van der Waals surface area contributed by atoms with Crippen LogP contribution in [0.5, 0.6) is 0 Å². The van der Waals surface area contributed by atoms with Crippen LogP contribution in [0, 0.1) is 32.1 Å². The van der Waals surface area contributed by atoms with Crippen molar-refractivity contribution in [1.29, 1.82) is 0 Å². The first-order valence-corrected chi connectivity index (χ1v) is 11.0. The minimum atomic E-state index is 0. The molecule has 24 heavy (non-hydrogen) atoms. The quantitative estimate of drug-likeness (QED) is 0.326. The van der Waals surface area contributed by atoms with Crippen molar-refractivity contribution >= 4 is 0 Å². The van der Waals surface area contributed by atoms with Gasteiger partial charge in [0.15, 0.2) is 0 Å². The molecular weight excluding hydrogens is 371 g/mol. The molecule has 0 aromatic rings. The van der Waals surface area contributed by atoms with Crippen molar-refractivity contribution < 1.29 is 20.9 Å². The molecule has 0 aromatic heterocycles. The molecule has 0 aromatic carbocycles. The van der Waals surface area contributed by atoms with Crippen LogP contribution in [0.15, 0.2) is 3.34 Å². The van der Waals surface area contributed by atoms with Gasteiger partial charge in [0.25, 0.3) is 0 Å². The molecule has 2 rings (SSSR count). The van der Waals surface area contributed by atoms with Crippen LogP contribution in [-0.4, -0.2) is 5.54 Å². The summed E-state index contributed by atoms with van der Waals surface area (Å²) in [7, 11) is 0. The summed E-state index contributed by atoms with van der Waals surface area (Å²) < 4.78 is 4.19. The Balaban J connectivity index is 0. The molecule has 0 radical (unpaired) electrons. The third-order valence-corrected chi connectivity index (χ3v) is 6.53. The van der Waals surface area contributed by atoms with Crippen molar-refractivity contribution in [1.82, 2.24) is 0 Å². The topological polar surface area (TPSA) is 12.4 Å². The second-order valence-electron chi connectivity index (χ2n) is 7.65. The maximum Gasteiger partial charge on any atom is -0.0577 e. The third-order valence-electron chi connectivity index (χ3n) is 5.20. The summed E-state index contributed by atoms with van der Waals surface area (Å²) in [6, 6.07) is 0. The zero-order chi connectivity index (χ0) is 17.6. The zero-order valence-electron chi connectivity index (χ0n) is 17.5. The molecule has 145 valence electrons. The van der Waals surface area contributed by atoms with E-state index in [-0.39, 0.29) is 13.0 Å². The fourth-order valence-corrected chi connectivity index (χ4v) is 3.22. The van der Waals surface area contributed by atoms with Gasteiger partial charge in [0, 0.05) is 0 Å². The predicted molar refractivity (Wildman–Crippen MR) is 106 cm³/mol. The molecule has 0 heterocycles. The van der Waals surface area contributed by atoms with E-state index >= 15 is 0 Å². The molecule has 2 heteroatoms. The van der Waals surface area contributed by atoms with Gasteiger partial charge in [0.2, 0.25) is 0 Å². The predicted octanol–water partition coefficient (Wildman–Crippen LogP) is 7.94. The van der Waals surface area contributed by atoms with Gasteiger partial charge in [-0.15, -0.1) is 0 Å². The Labute approximate surface area is 166 Å². The molecule has 0 aliphatic heterocycles. The van der Waals surface area contributed by atoms with Crippen LogP contribution in [0.2, 0.25) is 0 Å². The van der Waals surface area contributed by atoms with Crippen molar-refractivity contribution in [2.45, 2.75) is 111 Å². The molecule has 0 spiro atoms. The van der Waals surface area contributed by atoms with Crippen LogP contribution in [-0.2, 0) is 20.9 Å². The van der Waals surface area contributed by atoms with Crippen LogP contribution in [0.25, 0.3) is 0 Å². The largest absolute Gasteiger partial charge is 0.358 e. The molecule has 0 bridgehead atoms. The van der Waals surface area contributed by atoms with Gasteiger partial charge in [-0.1, -0.05) is 65.2 Å². The summed E-state index contributed by atoms with van der Waals surface area (Å²) in [6.45, 7) is 11.1. The first kappa shape index (κ1) is 26.8. The second-order valence-corrected chi connectivity index (χ2v) is 8.14. The van der Waals surface area contributed by atoms with E-state index in [2.05, 4.69) is 50.8 Å². The average Bonchev–Trinajstić information content (AvgIpc) is 2.64. The fraction of sp³-hybridized carbons (Fsp3) is 0.864. The summed E-state index contributed by atoms with van der Waals surface area (Å²) >= 11 is 1.55. The Morgan fingerprint density at radius 1 is 0.917 bits per heavy atom. The molecule has 2 aliphatic carbocycles. The number of hydrogen-bond donors (Lipinski definition) is 0. The van der Waals surface area contributed by atoms with Gasteiger partial charge in [-0.3, -0.25) is 0 Å². The molecule has 2 unspecified atom stereocenters. The van der Waals surface area contributed by atoms with Gasteiger partial charge in [-0.25, -0.2) is 0 Å². The van der Waals surface area contributed by atoms with E-state index in [1.807, 2.05) is 0 Å². The Hall–Kier alpha value is 0.540. The second kappa shape index (κ2) is 17.0. The Morgan fingerprint density at radius 3 is 1.62 bits per heavy atom. The SMILES string of the molecule is CCC(C)(C)[N]=[Nb].CCC1[CH-]C(CC)CCC1.[CH-]1CCCCC1.[CH3-]. The molecule has 0 saturated heterocycles. The normalized spacial score (nSPS) is 23.5. The molecule has 1 nitrogen and oxygen atoms in total. The van der Waals surface area contributed by atoms with Crippen molar-refractivity contribution in [3.05, 3.63) is 20.3 Å². The van der Waals surface area contributed by atoms with Crippen LogP contribution in [0.1, 0.15) is 105 Å². The third kappa shape index (κ3) is 14.8. The van der Waals surface area contributed by atoms with E-state index in [1.165, 1.54) is 64.2 Å². The average molecular weight is 416 g/mol. The standard InChI is InChI=1S/C10H19.C6H11.C5H11N.CH3.Nb/c1-3-9-6-5-7-10(4-2)8-9;1-2-4-6-5-3-1;1-4-5(2,3)6;;/h8-10H,3-7H2,1-2H3;1H,2-6H2;4H2,1-3H3;1H3;/q2*-1;;-1;. The molecule has 2 saturated carbocycles. The van der Waals surface area contributed by atoms with Gasteiger partial charge in [-0.05, 0) is 0 Å². The zero-order valence-corrected chi connectivity index (χ0v) is 19.7. The summed E-state index contributed by atoms with van der Waals surface area (Å²) in [5.74, 6) is 1.89. The Morgan fingerprint density at radius 2 is 1.42 bits per heavy atom. The molecule has 2 atom stereocenters. The smallest absolute Gasteiger partial charge is 0.0577 e. The summed E-state index contributed by atoms with van der Waals surface area (Å²) in [6.07, 6.45) is 20.3. The fourth-order valence-electron chi connectivity index (χ4n) is 2.87. The van der Waals surface area contributed by atoms with Gasteiger partial charge in [-0.2, -0.15) is 24.7 Å². The van der Waals surface area contributed by atoms with E-state index < -0.39 is 0 Å². The van der Waals surface area contributed by atoms with E-state index in [4.69, 9.17) is 0 Å². The van der Waals surface area contributed by atoms with Crippen LogP contribution < -0.4 is 0 Å². The Bertz CT molecular complexity index is 250. The summed E-state index contributed by atoms with van der Waals surface area (Å²) in [4.78, 5) is 0. The monoisotopic (exact) mass is 415 g/mol. The summed E-state index contributed by atoms with van der Waals surface area (Å²) in [5.41, 5.74) is 0.231. The van der Waals surface area contributed by atoms with Crippen molar-refractivity contribution in [2.24, 2.45) is 15.2 Å².